The van der Waals surface area contributed by atoms with Crippen molar-refractivity contribution in [3.05, 3.63) is 105 Å². The number of H-pyrrole nitrogens is 1. The average molecular weight is 514 g/mol. The van der Waals surface area contributed by atoms with Crippen LogP contribution in [0.25, 0.3) is 16.7 Å². The molecule has 192 valence electrons. The normalized spacial score (nSPS) is 16.8. The summed E-state index contributed by atoms with van der Waals surface area (Å²) in [6.45, 7) is 0.145. The number of aliphatic hydroxyl groups excluding tert-OH is 1. The lowest BCUT2D eigenvalue weighted by molar-refractivity contribution is -0.384. The van der Waals surface area contributed by atoms with Crippen LogP contribution in [0.1, 0.15) is 22.7 Å². The molecule has 5 rings (SSSR count). The fourth-order valence-electron chi connectivity index (χ4n) is 4.78. The number of aromatic amines is 1. The number of nitrogens with one attached hydrogen (secondary N) is 1. The van der Waals surface area contributed by atoms with Crippen molar-refractivity contribution in [2.75, 3.05) is 13.7 Å². The van der Waals surface area contributed by atoms with Gasteiger partial charge in [0.25, 0.3) is 17.4 Å². The van der Waals surface area contributed by atoms with Gasteiger partial charge < -0.3 is 24.8 Å². The SMILES string of the molecule is COc1ccc2[nH]cc(CCN3C(=O)C(=O)/C(=C(\O)c4ccc([N+](=O)[O-])cc4)C3c3cccc(O)c3)c2c1. The van der Waals surface area contributed by atoms with E-state index in [0.29, 0.717) is 17.7 Å². The molecule has 1 atom stereocenters. The number of carbonyl (C=O) groups is 2. The number of likely N-dealkylation sites (tertiary alicyclic amines) is 1. The first kappa shape index (κ1) is 24.6. The Bertz CT molecular complexity index is 1600. The number of phenolic OH excluding ortho intramolecular Hbond substituents is 1. The Morgan fingerprint density at radius 2 is 1.87 bits per heavy atom. The van der Waals surface area contributed by atoms with Gasteiger partial charge in [-0.05, 0) is 60.0 Å². The van der Waals surface area contributed by atoms with Gasteiger partial charge in [0, 0.05) is 41.3 Å². The molecule has 0 saturated carbocycles. The molecule has 1 aromatic heterocycles. The number of rotatable bonds is 7. The van der Waals surface area contributed by atoms with Gasteiger partial charge in [-0.2, -0.15) is 0 Å². The van der Waals surface area contributed by atoms with Crippen molar-refractivity contribution < 1.29 is 29.5 Å². The van der Waals surface area contributed by atoms with E-state index in [0.717, 1.165) is 16.5 Å². The number of phenols is 1. The van der Waals surface area contributed by atoms with Gasteiger partial charge in [0.1, 0.15) is 17.3 Å². The second kappa shape index (κ2) is 9.74. The molecule has 4 aromatic rings. The Hall–Kier alpha value is -5.12. The van der Waals surface area contributed by atoms with Crippen molar-refractivity contribution >= 4 is 34.0 Å². The standard InChI is InChI=1S/C28H23N3O7/c1-38-21-9-10-23-22(14-21)18(15-29-23)11-12-30-25(17-3-2-4-20(32)13-17)24(27(34)28(30)35)26(33)16-5-7-19(8-6-16)31(36)37/h2-10,13-15,25,29,32-33H,11-12H2,1H3/b26-24-. The number of aromatic hydroxyl groups is 1. The number of nitrogens with zero attached hydrogens (tertiary/aromatic N) is 2. The monoisotopic (exact) mass is 513 g/mol. The maximum atomic E-state index is 13.2. The molecule has 10 nitrogen and oxygen atoms in total. The fraction of sp³-hybridized carbons (Fsp3) is 0.143. The van der Waals surface area contributed by atoms with E-state index >= 15 is 0 Å². The molecule has 3 aromatic carbocycles. The summed E-state index contributed by atoms with van der Waals surface area (Å²) in [5, 5.41) is 33.2. The van der Waals surface area contributed by atoms with Crippen molar-refractivity contribution in [3.8, 4) is 11.5 Å². The van der Waals surface area contributed by atoms with Crippen LogP contribution < -0.4 is 4.74 Å². The van der Waals surface area contributed by atoms with Crippen molar-refractivity contribution in [1.29, 1.82) is 0 Å². The summed E-state index contributed by atoms with van der Waals surface area (Å²) in [5.41, 5.74) is 2.06. The van der Waals surface area contributed by atoms with Gasteiger partial charge in [-0.3, -0.25) is 19.7 Å². The number of hydrogen-bond donors (Lipinski definition) is 3. The van der Waals surface area contributed by atoms with E-state index in [4.69, 9.17) is 4.74 Å². The highest BCUT2D eigenvalue weighted by atomic mass is 16.6. The third-order valence-electron chi connectivity index (χ3n) is 6.67. The number of non-ortho nitro benzene ring substituents is 1. The van der Waals surface area contributed by atoms with Crippen molar-refractivity contribution in [1.82, 2.24) is 9.88 Å². The van der Waals surface area contributed by atoms with Crippen LogP contribution in [0, 0.1) is 10.1 Å². The molecule has 0 aliphatic carbocycles. The molecule has 0 spiro atoms. The lowest BCUT2D eigenvalue weighted by atomic mass is 9.95. The zero-order valence-electron chi connectivity index (χ0n) is 20.2. The number of benzene rings is 3. The molecule has 1 aliphatic heterocycles. The Labute approximate surface area is 216 Å². The molecule has 10 heteroatoms. The molecule has 1 amide bonds. The predicted octanol–water partition coefficient (Wildman–Crippen LogP) is 4.45. The summed E-state index contributed by atoms with van der Waals surface area (Å²) in [6, 6.07) is 15.8. The number of hydrogen-bond acceptors (Lipinski definition) is 7. The second-order valence-electron chi connectivity index (χ2n) is 8.87. The number of methoxy groups -OCH3 is 1. The Morgan fingerprint density at radius 3 is 2.55 bits per heavy atom. The quantitative estimate of drug-likeness (QED) is 0.109. The summed E-state index contributed by atoms with van der Waals surface area (Å²) in [7, 11) is 1.58. The first-order valence-corrected chi connectivity index (χ1v) is 11.7. The number of nitro groups is 1. The number of nitro benzene ring substituents is 1. The molecule has 1 unspecified atom stereocenters. The van der Waals surface area contributed by atoms with Crippen LogP contribution in [0.2, 0.25) is 0 Å². The molecule has 1 saturated heterocycles. The summed E-state index contributed by atoms with van der Waals surface area (Å²) >= 11 is 0. The van der Waals surface area contributed by atoms with E-state index in [1.807, 2.05) is 24.4 Å². The van der Waals surface area contributed by atoms with Gasteiger partial charge in [-0.1, -0.05) is 12.1 Å². The Kier molecular flexibility index (Phi) is 6.29. The minimum Gasteiger partial charge on any atom is -0.508 e. The number of aromatic nitrogens is 1. The number of ether oxygens (including phenoxy) is 1. The van der Waals surface area contributed by atoms with Crippen molar-refractivity contribution in [2.45, 2.75) is 12.5 Å². The second-order valence-corrected chi connectivity index (χ2v) is 8.87. The third-order valence-corrected chi connectivity index (χ3v) is 6.67. The predicted molar refractivity (Wildman–Crippen MR) is 139 cm³/mol. The average Bonchev–Trinajstić information content (AvgIpc) is 3.44. The van der Waals surface area contributed by atoms with E-state index in [1.54, 1.807) is 19.2 Å². The third kappa shape index (κ3) is 4.32. The molecule has 0 bridgehead atoms. The highest BCUT2D eigenvalue weighted by Gasteiger charge is 2.46. The largest absolute Gasteiger partial charge is 0.508 e. The van der Waals surface area contributed by atoms with Crippen LogP contribution in [0.15, 0.2) is 78.5 Å². The highest BCUT2D eigenvalue weighted by molar-refractivity contribution is 6.46. The maximum Gasteiger partial charge on any atom is 0.295 e. The van der Waals surface area contributed by atoms with Gasteiger partial charge in [0.15, 0.2) is 0 Å². The molecular formula is C28H23N3O7. The van der Waals surface area contributed by atoms with Gasteiger partial charge in [0.2, 0.25) is 0 Å². The van der Waals surface area contributed by atoms with Crippen molar-refractivity contribution in [2.24, 2.45) is 0 Å². The van der Waals surface area contributed by atoms with Gasteiger partial charge in [-0.15, -0.1) is 0 Å². The van der Waals surface area contributed by atoms with Crippen molar-refractivity contribution in [3.63, 3.8) is 0 Å². The number of carbonyl (C=O) groups excluding carboxylic acids is 2. The molecule has 2 heterocycles. The van der Waals surface area contributed by atoms with E-state index in [1.165, 1.54) is 41.3 Å². The zero-order chi connectivity index (χ0) is 27.0. The van der Waals surface area contributed by atoms with Crippen LogP contribution in [0.4, 0.5) is 5.69 Å². The molecule has 1 fully saturated rings. The van der Waals surface area contributed by atoms with Crippen LogP contribution in [-0.2, 0) is 16.0 Å². The summed E-state index contributed by atoms with van der Waals surface area (Å²) < 4.78 is 5.33. The molecule has 1 aliphatic rings. The smallest absolute Gasteiger partial charge is 0.295 e. The molecular weight excluding hydrogens is 490 g/mol. The van der Waals surface area contributed by atoms with E-state index in [9.17, 15) is 29.9 Å². The number of amides is 1. The number of fused-ring (bicyclic) bond motifs is 1. The van der Waals surface area contributed by atoms with Crippen LogP contribution in [0.3, 0.4) is 0 Å². The summed E-state index contributed by atoms with van der Waals surface area (Å²) in [5.74, 6) is -1.51. The van der Waals surface area contributed by atoms with E-state index < -0.39 is 28.4 Å². The number of Topliss-reactive ketones (excluding diaryl/α,β-unsaturated/α-hetero) is 1. The Balaban J connectivity index is 1.55. The van der Waals surface area contributed by atoms with Crippen LogP contribution in [-0.4, -0.2) is 50.4 Å². The summed E-state index contributed by atoms with van der Waals surface area (Å²) in [6.07, 6.45) is 2.23. The van der Waals surface area contributed by atoms with Gasteiger partial charge in [-0.25, -0.2) is 0 Å². The molecule has 0 radical (unpaired) electrons. The van der Waals surface area contributed by atoms with E-state index in [2.05, 4.69) is 4.98 Å². The van der Waals surface area contributed by atoms with E-state index in [-0.39, 0.29) is 29.1 Å². The lowest BCUT2D eigenvalue weighted by Gasteiger charge is -2.25. The maximum absolute atomic E-state index is 13.2. The topological polar surface area (TPSA) is 146 Å². The van der Waals surface area contributed by atoms with Crippen LogP contribution in [0.5, 0.6) is 11.5 Å². The minimum atomic E-state index is -0.975. The first-order valence-electron chi connectivity index (χ1n) is 11.7. The fourth-order valence-corrected chi connectivity index (χ4v) is 4.78. The van der Waals surface area contributed by atoms with Gasteiger partial charge >= 0.3 is 0 Å². The first-order chi connectivity index (χ1) is 18.3. The lowest BCUT2D eigenvalue weighted by Crippen LogP contribution is -2.31. The minimum absolute atomic E-state index is 0.0628. The highest BCUT2D eigenvalue weighted by Crippen LogP contribution is 2.40. The summed E-state index contributed by atoms with van der Waals surface area (Å²) in [4.78, 5) is 41.5. The number of aliphatic hydroxyl groups is 1. The van der Waals surface area contributed by atoms with Gasteiger partial charge in [0.05, 0.1) is 23.6 Å². The zero-order valence-corrected chi connectivity index (χ0v) is 20.2. The number of ketones is 1. The Morgan fingerprint density at radius 1 is 1.11 bits per heavy atom. The van der Waals surface area contributed by atoms with Crippen LogP contribution >= 0.6 is 0 Å². The molecule has 38 heavy (non-hydrogen) atoms. The molecule has 3 N–H and O–H groups in total.